The molecule has 2 rings (SSSR count). The lowest BCUT2D eigenvalue weighted by Crippen LogP contribution is -2.46. The molecule has 0 bridgehead atoms. The molecule has 1 aromatic carbocycles. The molecule has 7 nitrogen and oxygen atoms in total. The van der Waals surface area contributed by atoms with Gasteiger partial charge in [0, 0.05) is 37.8 Å². The number of carbonyl (C=O) groups excluding carboxylic acids is 2. The van der Waals surface area contributed by atoms with Gasteiger partial charge in [0.2, 0.25) is 5.91 Å². The quantitative estimate of drug-likeness (QED) is 0.787. The number of rotatable bonds is 6. The molecule has 1 aliphatic heterocycles. The van der Waals surface area contributed by atoms with Crippen LogP contribution in [-0.2, 0) is 4.79 Å². The third kappa shape index (κ3) is 6.54. The Balaban J connectivity index is 1.79. The zero-order chi connectivity index (χ0) is 20.7. The van der Waals surface area contributed by atoms with Gasteiger partial charge in [-0.25, -0.2) is 4.79 Å². The highest BCUT2D eigenvalue weighted by atomic mass is 16.2. The van der Waals surface area contributed by atoms with Crippen molar-refractivity contribution in [1.82, 2.24) is 15.1 Å². The largest absolute Gasteiger partial charge is 0.355 e. The minimum atomic E-state index is -0.193. The fourth-order valence-corrected chi connectivity index (χ4v) is 3.60. The molecule has 28 heavy (non-hydrogen) atoms. The molecule has 2 N–H and O–H groups in total. The summed E-state index contributed by atoms with van der Waals surface area (Å²) in [7, 11) is 4.06. The molecule has 152 valence electrons. The molecule has 0 aromatic heterocycles. The summed E-state index contributed by atoms with van der Waals surface area (Å²) in [5.41, 5.74) is 1.12. The number of nitrogens with zero attached hydrogens (tertiary/aromatic N) is 3. The molecule has 1 heterocycles. The van der Waals surface area contributed by atoms with E-state index in [9.17, 15) is 9.59 Å². The van der Waals surface area contributed by atoms with Crippen LogP contribution in [0.4, 0.5) is 10.5 Å². The minimum absolute atomic E-state index is 0.0116. The number of carbonyl (C=O) groups is 2. The second-order valence-electron chi connectivity index (χ2n) is 8.50. The van der Waals surface area contributed by atoms with E-state index >= 15 is 0 Å². The maximum Gasteiger partial charge on any atom is 0.321 e. The summed E-state index contributed by atoms with van der Waals surface area (Å²) >= 11 is 0. The molecule has 1 aromatic rings. The zero-order valence-corrected chi connectivity index (χ0v) is 17.3. The van der Waals surface area contributed by atoms with Crippen molar-refractivity contribution in [2.75, 3.05) is 45.6 Å². The van der Waals surface area contributed by atoms with Crippen molar-refractivity contribution in [3.8, 4) is 6.07 Å². The summed E-state index contributed by atoms with van der Waals surface area (Å²) in [6.45, 7) is 6.91. The van der Waals surface area contributed by atoms with Gasteiger partial charge in [-0.05, 0) is 50.6 Å². The van der Waals surface area contributed by atoms with Gasteiger partial charge in [-0.15, -0.1) is 0 Å². The van der Waals surface area contributed by atoms with Crippen LogP contribution in [0.2, 0.25) is 0 Å². The highest BCUT2D eigenvalue weighted by Crippen LogP contribution is 2.20. The predicted octanol–water partition coefficient (Wildman–Crippen LogP) is 2.51. The smallest absolute Gasteiger partial charge is 0.321 e. The Kier molecular flexibility index (Phi) is 7.41. The van der Waals surface area contributed by atoms with Crippen LogP contribution < -0.4 is 10.6 Å². The zero-order valence-electron chi connectivity index (χ0n) is 17.3. The first-order valence-electron chi connectivity index (χ1n) is 9.69. The van der Waals surface area contributed by atoms with E-state index in [0.717, 1.165) is 6.54 Å². The predicted molar refractivity (Wildman–Crippen MR) is 110 cm³/mol. The second kappa shape index (κ2) is 9.56. The third-order valence-corrected chi connectivity index (χ3v) is 4.88. The number of hydrogen-bond donors (Lipinski definition) is 2. The van der Waals surface area contributed by atoms with E-state index < -0.39 is 0 Å². The molecule has 1 saturated heterocycles. The average molecular weight is 386 g/mol. The van der Waals surface area contributed by atoms with E-state index in [0.29, 0.717) is 43.7 Å². The SMILES string of the molecule is CN(C)CC(C)(C)CNC(=O)C1CCN(C(=O)Nc2cccc(C#N)c2)CC1. The Morgan fingerprint density at radius 3 is 2.57 bits per heavy atom. The Morgan fingerprint density at radius 2 is 1.96 bits per heavy atom. The van der Waals surface area contributed by atoms with Crippen LogP contribution in [-0.4, -0.2) is 62.0 Å². The Bertz CT molecular complexity index is 731. The van der Waals surface area contributed by atoms with Crippen molar-refractivity contribution in [2.45, 2.75) is 26.7 Å². The van der Waals surface area contributed by atoms with Crippen LogP contribution in [0.25, 0.3) is 0 Å². The van der Waals surface area contributed by atoms with E-state index in [4.69, 9.17) is 5.26 Å². The molecule has 1 fully saturated rings. The minimum Gasteiger partial charge on any atom is -0.355 e. The lowest BCUT2D eigenvalue weighted by atomic mass is 9.91. The molecule has 0 spiro atoms. The summed E-state index contributed by atoms with van der Waals surface area (Å²) in [5, 5.41) is 14.9. The van der Waals surface area contributed by atoms with E-state index in [1.165, 1.54) is 0 Å². The number of likely N-dealkylation sites (tertiary alicyclic amines) is 1. The Hall–Kier alpha value is -2.59. The number of hydrogen-bond acceptors (Lipinski definition) is 4. The highest BCUT2D eigenvalue weighted by molar-refractivity contribution is 5.89. The van der Waals surface area contributed by atoms with E-state index in [2.05, 4.69) is 35.5 Å². The number of piperidine rings is 1. The lowest BCUT2D eigenvalue weighted by molar-refractivity contribution is -0.126. The van der Waals surface area contributed by atoms with Crippen molar-refractivity contribution in [1.29, 1.82) is 5.26 Å². The molecule has 1 aliphatic rings. The van der Waals surface area contributed by atoms with Gasteiger partial charge in [0.25, 0.3) is 0 Å². The Labute approximate surface area is 167 Å². The van der Waals surface area contributed by atoms with Crippen LogP contribution in [0.15, 0.2) is 24.3 Å². The summed E-state index contributed by atoms with van der Waals surface area (Å²) in [6.07, 6.45) is 1.32. The van der Waals surface area contributed by atoms with Gasteiger partial charge in [0.1, 0.15) is 0 Å². The third-order valence-electron chi connectivity index (χ3n) is 4.88. The van der Waals surface area contributed by atoms with Crippen molar-refractivity contribution in [3.63, 3.8) is 0 Å². The lowest BCUT2D eigenvalue weighted by Gasteiger charge is -2.33. The molecular formula is C21H31N5O2. The van der Waals surface area contributed by atoms with E-state index in [1.54, 1.807) is 29.2 Å². The van der Waals surface area contributed by atoms with Crippen molar-refractivity contribution >= 4 is 17.6 Å². The van der Waals surface area contributed by atoms with Crippen molar-refractivity contribution in [2.24, 2.45) is 11.3 Å². The first kappa shape index (κ1) is 21.7. The van der Waals surface area contributed by atoms with E-state index in [1.807, 2.05) is 14.1 Å². The first-order valence-corrected chi connectivity index (χ1v) is 9.69. The summed E-state index contributed by atoms with van der Waals surface area (Å²) in [4.78, 5) is 28.8. The van der Waals surface area contributed by atoms with Gasteiger partial charge in [-0.2, -0.15) is 5.26 Å². The standard InChI is InChI=1S/C21H31N5O2/c1-21(2,15-25(3)4)14-23-19(27)17-8-10-26(11-9-17)20(28)24-18-7-5-6-16(12-18)13-22/h5-7,12,17H,8-11,14-15H2,1-4H3,(H,23,27)(H,24,28). The van der Waals surface area contributed by atoms with Gasteiger partial charge >= 0.3 is 6.03 Å². The van der Waals surface area contributed by atoms with E-state index in [-0.39, 0.29) is 23.3 Å². The van der Waals surface area contributed by atoms with Gasteiger partial charge in [-0.3, -0.25) is 4.79 Å². The van der Waals surface area contributed by atoms with Gasteiger partial charge in [-0.1, -0.05) is 19.9 Å². The fourth-order valence-electron chi connectivity index (χ4n) is 3.60. The molecule has 0 radical (unpaired) electrons. The molecule has 7 heteroatoms. The van der Waals surface area contributed by atoms with Crippen molar-refractivity contribution < 1.29 is 9.59 Å². The number of anilines is 1. The maximum absolute atomic E-state index is 12.5. The summed E-state index contributed by atoms with van der Waals surface area (Å²) in [6, 6.07) is 8.70. The average Bonchev–Trinajstić information content (AvgIpc) is 2.65. The molecule has 3 amide bonds. The molecule has 0 saturated carbocycles. The number of urea groups is 1. The Morgan fingerprint density at radius 1 is 1.29 bits per heavy atom. The van der Waals surface area contributed by atoms with Crippen LogP contribution >= 0.6 is 0 Å². The van der Waals surface area contributed by atoms with Crippen LogP contribution in [0.1, 0.15) is 32.3 Å². The monoisotopic (exact) mass is 385 g/mol. The summed E-state index contributed by atoms with van der Waals surface area (Å²) < 4.78 is 0. The number of amides is 3. The number of benzene rings is 1. The van der Waals surface area contributed by atoms with Gasteiger partial charge in [0.15, 0.2) is 0 Å². The molecule has 0 atom stereocenters. The molecular weight excluding hydrogens is 354 g/mol. The van der Waals surface area contributed by atoms with Crippen LogP contribution in [0.5, 0.6) is 0 Å². The normalized spacial score (nSPS) is 15.2. The topological polar surface area (TPSA) is 88.5 Å². The van der Waals surface area contributed by atoms with Crippen LogP contribution in [0.3, 0.4) is 0 Å². The highest BCUT2D eigenvalue weighted by Gasteiger charge is 2.28. The van der Waals surface area contributed by atoms with Crippen LogP contribution in [0, 0.1) is 22.7 Å². The number of nitriles is 1. The first-order chi connectivity index (χ1) is 13.2. The number of nitrogens with one attached hydrogen (secondary N) is 2. The molecule has 0 unspecified atom stereocenters. The van der Waals surface area contributed by atoms with Gasteiger partial charge < -0.3 is 20.4 Å². The maximum atomic E-state index is 12.5. The second-order valence-corrected chi connectivity index (χ2v) is 8.50. The van der Waals surface area contributed by atoms with Crippen molar-refractivity contribution in [3.05, 3.63) is 29.8 Å². The molecule has 0 aliphatic carbocycles. The fraction of sp³-hybridized carbons (Fsp3) is 0.571. The van der Waals surface area contributed by atoms with Gasteiger partial charge in [0.05, 0.1) is 11.6 Å². The summed E-state index contributed by atoms with van der Waals surface area (Å²) in [5.74, 6) is 0.0229.